The van der Waals surface area contributed by atoms with Gasteiger partial charge in [-0.1, -0.05) is 12.1 Å². The van der Waals surface area contributed by atoms with E-state index in [0.29, 0.717) is 12.3 Å². The zero-order valence-corrected chi connectivity index (χ0v) is 14.7. The Morgan fingerprint density at radius 2 is 2.00 bits per heavy atom. The molecule has 6 nitrogen and oxygen atoms in total. The Morgan fingerprint density at radius 1 is 1.25 bits per heavy atom. The van der Waals surface area contributed by atoms with Gasteiger partial charge in [-0.25, -0.2) is 0 Å². The maximum atomic E-state index is 12.3. The first kappa shape index (κ1) is 17.1. The van der Waals surface area contributed by atoms with Gasteiger partial charge < -0.3 is 15.0 Å². The molecule has 0 radical (unpaired) electrons. The Hall–Kier alpha value is -1.73. The summed E-state index contributed by atoms with van der Waals surface area (Å²) in [6, 6.07) is 7.80. The van der Waals surface area contributed by atoms with Crippen molar-refractivity contribution in [1.29, 1.82) is 0 Å². The lowest BCUT2D eigenvalue weighted by atomic mass is 10.3. The highest BCUT2D eigenvalue weighted by atomic mass is 32.2. The first-order valence-corrected chi connectivity index (χ1v) is 9.26. The minimum absolute atomic E-state index is 0.0561. The van der Waals surface area contributed by atoms with Gasteiger partial charge in [0.05, 0.1) is 0 Å². The van der Waals surface area contributed by atoms with Crippen LogP contribution in [0, 0.1) is 0 Å². The molecule has 2 heterocycles. The largest absolute Gasteiger partial charge is 0.479 e. The lowest BCUT2D eigenvalue weighted by Gasteiger charge is -2.34. The molecule has 1 saturated heterocycles. The quantitative estimate of drug-likeness (QED) is 0.872. The third-order valence-corrected chi connectivity index (χ3v) is 5.46. The Balaban J connectivity index is 1.39. The van der Waals surface area contributed by atoms with E-state index in [9.17, 15) is 9.59 Å². The number of nitrogens with zero attached hydrogens (tertiary/aromatic N) is 2. The van der Waals surface area contributed by atoms with Crippen molar-refractivity contribution < 1.29 is 14.3 Å². The van der Waals surface area contributed by atoms with E-state index < -0.39 is 6.10 Å². The van der Waals surface area contributed by atoms with Crippen LogP contribution in [0.2, 0.25) is 0 Å². The second kappa shape index (κ2) is 7.90. The maximum Gasteiger partial charge on any atom is 0.262 e. The number of hydrogen-bond acceptors (Lipinski definition) is 5. The Labute approximate surface area is 146 Å². The lowest BCUT2D eigenvalue weighted by molar-refractivity contribution is -0.130. The van der Waals surface area contributed by atoms with E-state index in [0.717, 1.165) is 43.4 Å². The van der Waals surface area contributed by atoms with Crippen LogP contribution in [-0.2, 0) is 9.59 Å². The van der Waals surface area contributed by atoms with Crippen molar-refractivity contribution in [2.45, 2.75) is 17.9 Å². The first-order valence-electron chi connectivity index (χ1n) is 8.27. The molecule has 1 aromatic carbocycles. The summed E-state index contributed by atoms with van der Waals surface area (Å²) in [7, 11) is 0. The standard InChI is InChI=1S/C17H23N3O3S/c1-13(21)20-10-8-19(9-11-20)7-6-18-17(22)15-12-24-16-5-3-2-4-14(16)23-15/h2-5,15H,6-12H2,1H3,(H,18,22). The number of nitrogens with one attached hydrogen (secondary N) is 1. The van der Waals surface area contributed by atoms with Gasteiger partial charge in [0.15, 0.2) is 6.10 Å². The number of para-hydroxylation sites is 1. The molecule has 1 aromatic rings. The minimum Gasteiger partial charge on any atom is -0.479 e. The van der Waals surface area contributed by atoms with Crippen LogP contribution in [-0.4, -0.2) is 72.7 Å². The first-order chi connectivity index (χ1) is 11.6. The average Bonchev–Trinajstić information content (AvgIpc) is 2.61. The molecule has 1 fully saturated rings. The fraction of sp³-hybridized carbons (Fsp3) is 0.529. The summed E-state index contributed by atoms with van der Waals surface area (Å²) < 4.78 is 5.79. The van der Waals surface area contributed by atoms with Crippen molar-refractivity contribution >= 4 is 23.6 Å². The van der Waals surface area contributed by atoms with Gasteiger partial charge >= 0.3 is 0 Å². The topological polar surface area (TPSA) is 61.9 Å². The summed E-state index contributed by atoms with van der Waals surface area (Å²) in [5.74, 6) is 1.50. The van der Waals surface area contributed by atoms with E-state index in [1.54, 1.807) is 18.7 Å². The molecule has 0 spiro atoms. The number of carbonyl (C=O) groups excluding carboxylic acids is 2. The van der Waals surface area contributed by atoms with Gasteiger partial charge in [0.2, 0.25) is 5.91 Å². The number of fused-ring (bicyclic) bond motifs is 1. The van der Waals surface area contributed by atoms with Crippen molar-refractivity contribution in [2.75, 3.05) is 45.0 Å². The molecule has 2 aliphatic rings. The number of ether oxygens (including phenoxy) is 1. The number of thioether (sulfide) groups is 1. The van der Waals surface area contributed by atoms with Crippen molar-refractivity contribution in [3.8, 4) is 5.75 Å². The molecule has 0 bridgehead atoms. The van der Waals surface area contributed by atoms with Crippen LogP contribution in [0.3, 0.4) is 0 Å². The number of benzene rings is 1. The fourth-order valence-corrected chi connectivity index (χ4v) is 3.87. The van der Waals surface area contributed by atoms with E-state index >= 15 is 0 Å². The summed E-state index contributed by atoms with van der Waals surface area (Å²) in [5.41, 5.74) is 0. The van der Waals surface area contributed by atoms with Crippen LogP contribution in [0.5, 0.6) is 5.75 Å². The predicted octanol–water partition coefficient (Wildman–Crippen LogP) is 0.820. The van der Waals surface area contributed by atoms with Crippen LogP contribution in [0.25, 0.3) is 0 Å². The summed E-state index contributed by atoms with van der Waals surface area (Å²) in [6.45, 7) is 6.26. The average molecular weight is 349 g/mol. The minimum atomic E-state index is -0.431. The number of hydrogen-bond donors (Lipinski definition) is 1. The molecule has 0 aliphatic carbocycles. The molecule has 24 heavy (non-hydrogen) atoms. The van der Waals surface area contributed by atoms with Gasteiger partial charge in [-0.2, -0.15) is 0 Å². The molecule has 3 rings (SSSR count). The normalized spacial score (nSPS) is 20.9. The molecule has 130 valence electrons. The summed E-state index contributed by atoms with van der Waals surface area (Å²) in [6.07, 6.45) is -0.431. The summed E-state index contributed by atoms with van der Waals surface area (Å²) >= 11 is 1.66. The van der Waals surface area contributed by atoms with Crippen molar-refractivity contribution in [3.63, 3.8) is 0 Å². The highest BCUT2D eigenvalue weighted by Gasteiger charge is 2.26. The summed E-state index contributed by atoms with van der Waals surface area (Å²) in [5, 5.41) is 2.96. The Bertz CT molecular complexity index is 602. The van der Waals surface area contributed by atoms with Crippen molar-refractivity contribution in [2.24, 2.45) is 0 Å². The molecular formula is C17H23N3O3S. The van der Waals surface area contributed by atoms with E-state index in [-0.39, 0.29) is 11.8 Å². The van der Waals surface area contributed by atoms with Crippen LogP contribution in [0.4, 0.5) is 0 Å². The third kappa shape index (κ3) is 4.21. The van der Waals surface area contributed by atoms with Crippen molar-refractivity contribution in [1.82, 2.24) is 15.1 Å². The van der Waals surface area contributed by atoms with Crippen molar-refractivity contribution in [3.05, 3.63) is 24.3 Å². The third-order valence-electron chi connectivity index (χ3n) is 4.35. The molecule has 2 aliphatic heterocycles. The van der Waals surface area contributed by atoms with Crippen LogP contribution < -0.4 is 10.1 Å². The Morgan fingerprint density at radius 3 is 2.75 bits per heavy atom. The van der Waals surface area contributed by atoms with Crippen LogP contribution >= 0.6 is 11.8 Å². The zero-order valence-electron chi connectivity index (χ0n) is 13.9. The second-order valence-corrected chi connectivity index (χ2v) is 7.06. The van der Waals surface area contributed by atoms with Gasteiger partial charge in [0, 0.05) is 56.8 Å². The number of carbonyl (C=O) groups is 2. The smallest absolute Gasteiger partial charge is 0.262 e. The molecule has 2 amide bonds. The van der Waals surface area contributed by atoms with Crippen LogP contribution in [0.1, 0.15) is 6.92 Å². The van der Waals surface area contributed by atoms with Gasteiger partial charge in [0.25, 0.3) is 5.91 Å². The highest BCUT2D eigenvalue weighted by molar-refractivity contribution is 7.99. The molecule has 0 saturated carbocycles. The van der Waals surface area contributed by atoms with E-state index in [2.05, 4.69) is 10.2 Å². The van der Waals surface area contributed by atoms with E-state index in [4.69, 9.17) is 4.74 Å². The van der Waals surface area contributed by atoms with E-state index in [1.165, 1.54) is 0 Å². The SMILES string of the molecule is CC(=O)N1CCN(CCNC(=O)C2CSc3ccccc3O2)CC1. The van der Waals surface area contributed by atoms with E-state index in [1.807, 2.05) is 29.2 Å². The molecule has 1 atom stereocenters. The lowest BCUT2D eigenvalue weighted by Crippen LogP contribution is -2.50. The molecule has 1 N–H and O–H groups in total. The number of piperazine rings is 1. The van der Waals surface area contributed by atoms with Gasteiger partial charge in [-0.3, -0.25) is 14.5 Å². The number of rotatable bonds is 4. The monoisotopic (exact) mass is 349 g/mol. The Kier molecular flexibility index (Phi) is 5.63. The maximum absolute atomic E-state index is 12.3. The van der Waals surface area contributed by atoms with Gasteiger partial charge in [-0.05, 0) is 12.1 Å². The number of amides is 2. The zero-order chi connectivity index (χ0) is 16.9. The predicted molar refractivity (Wildman–Crippen MR) is 93.3 cm³/mol. The molecular weight excluding hydrogens is 326 g/mol. The second-order valence-electron chi connectivity index (χ2n) is 6.00. The van der Waals surface area contributed by atoms with Gasteiger partial charge in [0.1, 0.15) is 5.75 Å². The summed E-state index contributed by atoms with van der Waals surface area (Å²) in [4.78, 5) is 28.8. The van der Waals surface area contributed by atoms with Gasteiger partial charge in [-0.15, -0.1) is 11.8 Å². The van der Waals surface area contributed by atoms with Crippen LogP contribution in [0.15, 0.2) is 29.2 Å². The highest BCUT2D eigenvalue weighted by Crippen LogP contribution is 2.34. The fourth-order valence-electron chi connectivity index (χ4n) is 2.89. The molecule has 7 heteroatoms. The molecule has 0 aromatic heterocycles. The molecule has 1 unspecified atom stereocenters.